The van der Waals surface area contributed by atoms with Crippen molar-refractivity contribution in [1.82, 2.24) is 4.57 Å². The monoisotopic (exact) mass is 312 g/mol. The molecule has 0 bridgehead atoms. The summed E-state index contributed by atoms with van der Waals surface area (Å²) in [7, 11) is 0. The van der Waals surface area contributed by atoms with E-state index in [1.807, 2.05) is 0 Å². The van der Waals surface area contributed by atoms with Gasteiger partial charge in [0.2, 0.25) is 5.88 Å². The summed E-state index contributed by atoms with van der Waals surface area (Å²) in [5.41, 5.74) is -1.49. The highest BCUT2D eigenvalue weighted by molar-refractivity contribution is 5.76. The van der Waals surface area contributed by atoms with Crippen LogP contribution in [0.2, 0.25) is 0 Å². The lowest BCUT2D eigenvalue weighted by molar-refractivity contribution is 0.486. The molecular formula is C16H12N2O5. The molecule has 0 radical (unpaired) electrons. The Hall–Kier alpha value is -3.35. The second-order valence-corrected chi connectivity index (χ2v) is 4.65. The third kappa shape index (κ3) is 2.59. The van der Waals surface area contributed by atoms with Gasteiger partial charge < -0.3 is 14.2 Å². The number of fused-ring (bicyclic) bond motifs is 1. The number of hydrogen-bond donors (Lipinski definition) is 1. The van der Waals surface area contributed by atoms with E-state index in [0.717, 1.165) is 4.57 Å². The van der Waals surface area contributed by atoms with Gasteiger partial charge in [-0.1, -0.05) is 24.3 Å². The fourth-order valence-electron chi connectivity index (χ4n) is 2.14. The zero-order chi connectivity index (χ0) is 16.4. The molecule has 1 N–H and O–H groups in total. The van der Waals surface area contributed by atoms with Gasteiger partial charge in [-0.3, -0.25) is 4.79 Å². The Morgan fingerprint density at radius 2 is 1.87 bits per heavy atom. The molecule has 116 valence electrons. The van der Waals surface area contributed by atoms with Crippen LogP contribution in [0.3, 0.4) is 0 Å². The van der Waals surface area contributed by atoms with Gasteiger partial charge in [-0.25, -0.2) is 14.2 Å². The summed E-state index contributed by atoms with van der Waals surface area (Å²) in [6, 6.07) is 9.48. The molecule has 0 aliphatic rings. The van der Waals surface area contributed by atoms with Crippen molar-refractivity contribution >= 4 is 16.9 Å². The Morgan fingerprint density at radius 1 is 1.13 bits per heavy atom. The van der Waals surface area contributed by atoms with Crippen LogP contribution < -0.4 is 22.3 Å². The highest BCUT2D eigenvalue weighted by atomic mass is 16.4. The normalized spacial score (nSPS) is 10.6. The van der Waals surface area contributed by atoms with Crippen LogP contribution >= 0.6 is 0 Å². The molecule has 0 atom stereocenters. The fourth-order valence-corrected chi connectivity index (χ4v) is 2.14. The van der Waals surface area contributed by atoms with Gasteiger partial charge in [0.05, 0.1) is 5.69 Å². The molecule has 1 aromatic carbocycles. The van der Waals surface area contributed by atoms with Crippen LogP contribution in [0.5, 0.6) is 0 Å². The van der Waals surface area contributed by atoms with Gasteiger partial charge >= 0.3 is 11.4 Å². The summed E-state index contributed by atoms with van der Waals surface area (Å²) in [5.74, 6) is -0.795. The molecule has 0 saturated heterocycles. The summed E-state index contributed by atoms with van der Waals surface area (Å²) in [6.07, 6.45) is 1.56. The molecule has 3 rings (SSSR count). The predicted octanol–water partition coefficient (Wildman–Crippen LogP) is 1.49. The topological polar surface area (TPSA) is 94.5 Å². The smallest absolute Gasteiger partial charge is 0.408 e. The Kier molecular flexibility index (Phi) is 3.68. The minimum absolute atomic E-state index is 0.0856. The molecule has 3 aromatic rings. The molecule has 0 spiro atoms. The van der Waals surface area contributed by atoms with Gasteiger partial charge in [0.25, 0.3) is 5.56 Å². The first-order valence-electron chi connectivity index (χ1n) is 6.76. The van der Waals surface area contributed by atoms with Crippen molar-refractivity contribution in [3.63, 3.8) is 0 Å². The molecular weight excluding hydrogens is 300 g/mol. The van der Waals surface area contributed by atoms with E-state index in [9.17, 15) is 14.4 Å². The standard InChI is InChI=1S/C16H12N2O5/c1-2-8-17-12-9-11-13(15(20)23-12)14(19)18(16(21)22-11)10-6-4-3-5-7-10/h2-7,9,17H,1,8H2. The minimum Gasteiger partial charge on any atom is -0.408 e. The fraction of sp³-hybridized carbons (Fsp3) is 0.0625. The highest BCUT2D eigenvalue weighted by Crippen LogP contribution is 2.12. The SMILES string of the molecule is C=CCNc1cc2oc(=O)n(-c3ccccc3)c(=O)c2c(=O)o1. The number of aromatic nitrogens is 1. The van der Waals surface area contributed by atoms with Crippen LogP contribution in [0.15, 0.2) is 72.3 Å². The van der Waals surface area contributed by atoms with Crippen LogP contribution in [-0.4, -0.2) is 11.1 Å². The average molecular weight is 312 g/mol. The maximum atomic E-state index is 12.5. The van der Waals surface area contributed by atoms with Gasteiger partial charge in [-0.2, -0.15) is 0 Å². The predicted molar refractivity (Wildman–Crippen MR) is 85.3 cm³/mol. The lowest BCUT2D eigenvalue weighted by Gasteiger charge is -2.06. The summed E-state index contributed by atoms with van der Waals surface area (Å²) >= 11 is 0. The number of anilines is 1. The molecule has 0 unspecified atom stereocenters. The van der Waals surface area contributed by atoms with Gasteiger partial charge in [-0.05, 0) is 12.1 Å². The molecule has 0 amide bonds. The lowest BCUT2D eigenvalue weighted by atomic mass is 10.3. The largest absolute Gasteiger partial charge is 0.427 e. The van der Waals surface area contributed by atoms with E-state index in [0.29, 0.717) is 12.2 Å². The summed E-state index contributed by atoms with van der Waals surface area (Å²) < 4.78 is 10.9. The zero-order valence-corrected chi connectivity index (χ0v) is 11.9. The van der Waals surface area contributed by atoms with Crippen LogP contribution in [-0.2, 0) is 0 Å². The Bertz CT molecular complexity index is 1040. The van der Waals surface area contributed by atoms with E-state index >= 15 is 0 Å². The average Bonchev–Trinajstić information content (AvgIpc) is 2.53. The highest BCUT2D eigenvalue weighted by Gasteiger charge is 2.16. The molecule has 7 heteroatoms. The van der Waals surface area contributed by atoms with Gasteiger partial charge in [0.1, 0.15) is 0 Å². The number of nitrogens with zero attached hydrogens (tertiary/aromatic N) is 1. The molecule has 0 fully saturated rings. The lowest BCUT2D eigenvalue weighted by Crippen LogP contribution is -2.33. The third-order valence-corrected chi connectivity index (χ3v) is 3.15. The van der Waals surface area contributed by atoms with Crippen LogP contribution in [0.4, 0.5) is 5.88 Å². The van der Waals surface area contributed by atoms with E-state index in [-0.39, 0.29) is 16.9 Å². The third-order valence-electron chi connectivity index (χ3n) is 3.15. The summed E-state index contributed by atoms with van der Waals surface area (Å²) in [5, 5.41) is 2.44. The molecule has 0 saturated carbocycles. The van der Waals surface area contributed by atoms with E-state index in [2.05, 4.69) is 11.9 Å². The van der Waals surface area contributed by atoms with Gasteiger partial charge in [0.15, 0.2) is 11.0 Å². The van der Waals surface area contributed by atoms with Gasteiger partial charge in [0, 0.05) is 12.6 Å². The maximum absolute atomic E-state index is 12.5. The van der Waals surface area contributed by atoms with E-state index < -0.39 is 16.9 Å². The van der Waals surface area contributed by atoms with Crippen LogP contribution in [0.1, 0.15) is 0 Å². The quantitative estimate of drug-likeness (QED) is 0.734. The van der Waals surface area contributed by atoms with E-state index in [1.165, 1.54) is 6.07 Å². The Morgan fingerprint density at radius 3 is 2.57 bits per heavy atom. The van der Waals surface area contributed by atoms with Crippen molar-refractivity contribution in [3.8, 4) is 5.69 Å². The van der Waals surface area contributed by atoms with Crippen molar-refractivity contribution < 1.29 is 8.83 Å². The summed E-state index contributed by atoms with van der Waals surface area (Å²) in [4.78, 5) is 36.7. The van der Waals surface area contributed by atoms with Crippen LogP contribution in [0.25, 0.3) is 16.7 Å². The summed E-state index contributed by atoms with van der Waals surface area (Å²) in [6.45, 7) is 3.87. The van der Waals surface area contributed by atoms with E-state index in [1.54, 1.807) is 36.4 Å². The zero-order valence-electron chi connectivity index (χ0n) is 11.9. The van der Waals surface area contributed by atoms with E-state index in [4.69, 9.17) is 8.83 Å². The number of hydrogen-bond acceptors (Lipinski definition) is 6. The molecule has 7 nitrogen and oxygen atoms in total. The van der Waals surface area contributed by atoms with Crippen molar-refractivity contribution in [2.75, 3.05) is 11.9 Å². The number of rotatable bonds is 4. The second-order valence-electron chi connectivity index (χ2n) is 4.65. The number of para-hydroxylation sites is 1. The Balaban J connectivity index is 2.30. The number of nitrogens with one attached hydrogen (secondary N) is 1. The molecule has 0 aliphatic carbocycles. The molecule has 0 aliphatic heterocycles. The second kappa shape index (κ2) is 5.80. The van der Waals surface area contributed by atoms with Crippen molar-refractivity contribution in [3.05, 3.63) is 80.4 Å². The first-order chi connectivity index (χ1) is 11.1. The minimum atomic E-state index is -0.882. The molecule has 23 heavy (non-hydrogen) atoms. The molecule has 2 heterocycles. The first kappa shape index (κ1) is 14.6. The van der Waals surface area contributed by atoms with Gasteiger partial charge in [-0.15, -0.1) is 6.58 Å². The number of benzene rings is 1. The molecule has 2 aromatic heterocycles. The first-order valence-corrected chi connectivity index (χ1v) is 6.76. The Labute approximate surface area is 129 Å². The maximum Gasteiger partial charge on any atom is 0.427 e. The van der Waals surface area contributed by atoms with Crippen molar-refractivity contribution in [2.24, 2.45) is 0 Å². The van der Waals surface area contributed by atoms with Crippen molar-refractivity contribution in [1.29, 1.82) is 0 Å². The van der Waals surface area contributed by atoms with Crippen molar-refractivity contribution in [2.45, 2.75) is 0 Å². The van der Waals surface area contributed by atoms with Crippen LogP contribution in [0, 0.1) is 0 Å².